The molecule has 0 aliphatic carbocycles. The minimum Gasteiger partial charge on any atom is -0.393 e. The Morgan fingerprint density at radius 2 is 2.40 bits per heavy atom. The van der Waals surface area contributed by atoms with Gasteiger partial charge in [0.1, 0.15) is 5.82 Å². The first-order chi connectivity index (χ1) is 9.56. The van der Waals surface area contributed by atoms with Crippen molar-refractivity contribution in [2.45, 2.75) is 51.2 Å². The number of hydrogen-bond donors (Lipinski definition) is 1. The Balaban J connectivity index is 1.88. The summed E-state index contributed by atoms with van der Waals surface area (Å²) in [5.74, 6) is -0.291. The molecule has 0 bridgehead atoms. The number of aromatic nitrogens is 1. The zero-order valence-electron chi connectivity index (χ0n) is 11.8. The van der Waals surface area contributed by atoms with Crippen LogP contribution < -0.4 is 0 Å². The molecule has 110 valence electrons. The van der Waals surface area contributed by atoms with Crippen LogP contribution >= 0.6 is 0 Å². The first-order valence-electron chi connectivity index (χ1n) is 7.13. The lowest BCUT2D eigenvalue weighted by Gasteiger charge is -2.25. The molecular formula is C15H21FN2O2. The zero-order chi connectivity index (χ0) is 14.5. The highest BCUT2D eigenvalue weighted by Gasteiger charge is 2.28. The topological polar surface area (TPSA) is 53.4 Å². The molecule has 5 heteroatoms. The number of hydrogen-bond acceptors (Lipinski definition) is 3. The van der Waals surface area contributed by atoms with Crippen LogP contribution in [0.25, 0.3) is 0 Å². The standard InChI is InChI=1S/C15H21FN2O2/c1-11(19)7-14-3-2-6-18(14)15(20)5-4-12-8-13(16)10-17-9-12/h8-11,14,19H,2-7H2,1H3. The average Bonchev–Trinajstić information content (AvgIpc) is 2.83. The second-order valence-electron chi connectivity index (χ2n) is 5.48. The Morgan fingerprint density at radius 3 is 3.10 bits per heavy atom. The highest BCUT2D eigenvalue weighted by atomic mass is 19.1. The van der Waals surface area contributed by atoms with Crippen molar-refractivity contribution in [1.29, 1.82) is 0 Å². The Bertz CT molecular complexity index is 465. The van der Waals surface area contributed by atoms with Gasteiger partial charge in [0.15, 0.2) is 0 Å². The van der Waals surface area contributed by atoms with E-state index in [-0.39, 0.29) is 23.9 Å². The van der Waals surface area contributed by atoms with Crippen LogP contribution in [0.2, 0.25) is 0 Å². The maximum Gasteiger partial charge on any atom is 0.223 e. The summed E-state index contributed by atoms with van der Waals surface area (Å²) < 4.78 is 13.0. The van der Waals surface area contributed by atoms with Crippen molar-refractivity contribution in [2.24, 2.45) is 0 Å². The first kappa shape index (κ1) is 14.9. The van der Waals surface area contributed by atoms with Crippen LogP contribution in [0.3, 0.4) is 0 Å². The molecule has 2 heterocycles. The third kappa shape index (κ3) is 4.00. The molecule has 1 N–H and O–H groups in total. The Morgan fingerprint density at radius 1 is 1.60 bits per heavy atom. The molecule has 2 atom stereocenters. The van der Waals surface area contributed by atoms with Gasteiger partial charge in [0.05, 0.1) is 12.3 Å². The maximum atomic E-state index is 13.0. The first-order valence-corrected chi connectivity index (χ1v) is 7.13. The molecule has 0 spiro atoms. The number of aliphatic hydroxyl groups excluding tert-OH is 1. The monoisotopic (exact) mass is 280 g/mol. The van der Waals surface area contributed by atoms with Crippen LogP contribution in [0, 0.1) is 5.82 Å². The molecular weight excluding hydrogens is 259 g/mol. The average molecular weight is 280 g/mol. The number of halogens is 1. The van der Waals surface area contributed by atoms with Crippen molar-refractivity contribution < 1.29 is 14.3 Å². The molecule has 1 fully saturated rings. The van der Waals surface area contributed by atoms with Crippen LogP contribution in [0.4, 0.5) is 4.39 Å². The Kier molecular flexibility index (Phi) is 5.06. The van der Waals surface area contributed by atoms with E-state index in [0.29, 0.717) is 19.3 Å². The minimum atomic E-state index is -0.388. The fourth-order valence-electron chi connectivity index (χ4n) is 2.79. The van der Waals surface area contributed by atoms with Gasteiger partial charge in [0, 0.05) is 25.2 Å². The summed E-state index contributed by atoms with van der Waals surface area (Å²) in [6.45, 7) is 2.51. The smallest absolute Gasteiger partial charge is 0.223 e. The fourth-order valence-corrected chi connectivity index (χ4v) is 2.79. The fraction of sp³-hybridized carbons (Fsp3) is 0.600. The quantitative estimate of drug-likeness (QED) is 0.896. The number of carbonyl (C=O) groups is 1. The Hall–Kier alpha value is -1.49. The van der Waals surface area contributed by atoms with Gasteiger partial charge >= 0.3 is 0 Å². The third-order valence-corrected chi connectivity index (χ3v) is 3.70. The lowest BCUT2D eigenvalue weighted by atomic mass is 10.1. The second-order valence-corrected chi connectivity index (χ2v) is 5.48. The van der Waals surface area contributed by atoms with Gasteiger partial charge in [-0.1, -0.05) is 0 Å². The van der Waals surface area contributed by atoms with Crippen molar-refractivity contribution in [3.8, 4) is 0 Å². The zero-order valence-corrected chi connectivity index (χ0v) is 11.8. The van der Waals surface area contributed by atoms with E-state index in [9.17, 15) is 14.3 Å². The summed E-state index contributed by atoms with van der Waals surface area (Å²) >= 11 is 0. The van der Waals surface area contributed by atoms with Gasteiger partial charge in [-0.15, -0.1) is 0 Å². The molecule has 1 aliphatic heterocycles. The van der Waals surface area contributed by atoms with Gasteiger partial charge < -0.3 is 10.0 Å². The number of pyridine rings is 1. The molecule has 20 heavy (non-hydrogen) atoms. The van der Waals surface area contributed by atoms with E-state index in [1.165, 1.54) is 6.07 Å². The molecule has 1 aromatic heterocycles. The highest BCUT2D eigenvalue weighted by Crippen LogP contribution is 2.22. The molecule has 4 nitrogen and oxygen atoms in total. The van der Waals surface area contributed by atoms with E-state index in [0.717, 1.165) is 31.1 Å². The molecule has 1 saturated heterocycles. The van der Waals surface area contributed by atoms with E-state index in [2.05, 4.69) is 4.98 Å². The molecule has 0 radical (unpaired) electrons. The summed E-state index contributed by atoms with van der Waals surface area (Å²) in [5, 5.41) is 9.46. The van der Waals surface area contributed by atoms with Crippen LogP contribution in [-0.2, 0) is 11.2 Å². The lowest BCUT2D eigenvalue weighted by molar-refractivity contribution is -0.132. The van der Waals surface area contributed by atoms with Gasteiger partial charge in [-0.05, 0) is 44.2 Å². The van der Waals surface area contributed by atoms with Crippen molar-refractivity contribution in [3.63, 3.8) is 0 Å². The number of rotatable bonds is 5. The second kappa shape index (κ2) is 6.79. The molecule has 0 saturated carbocycles. The number of nitrogens with zero attached hydrogens (tertiary/aromatic N) is 2. The molecule has 2 rings (SSSR count). The lowest BCUT2D eigenvalue weighted by Crippen LogP contribution is -2.37. The number of amides is 1. The van der Waals surface area contributed by atoms with Crippen LogP contribution in [0.15, 0.2) is 18.5 Å². The number of likely N-dealkylation sites (tertiary alicyclic amines) is 1. The predicted molar refractivity (Wildman–Crippen MR) is 73.5 cm³/mol. The normalized spacial score (nSPS) is 20.1. The van der Waals surface area contributed by atoms with Crippen LogP contribution in [0.1, 0.15) is 38.2 Å². The molecule has 2 unspecified atom stereocenters. The number of carbonyl (C=O) groups excluding carboxylic acids is 1. The SMILES string of the molecule is CC(O)CC1CCCN1C(=O)CCc1cncc(F)c1. The highest BCUT2D eigenvalue weighted by molar-refractivity contribution is 5.77. The summed E-state index contributed by atoms with van der Waals surface area (Å²) in [6.07, 6.45) is 5.80. The van der Waals surface area contributed by atoms with E-state index >= 15 is 0 Å². The molecule has 0 aromatic carbocycles. The van der Waals surface area contributed by atoms with Crippen molar-refractivity contribution in [2.75, 3.05) is 6.54 Å². The molecule has 1 aliphatic rings. The van der Waals surface area contributed by atoms with Crippen molar-refractivity contribution in [3.05, 3.63) is 29.8 Å². The molecule has 1 amide bonds. The van der Waals surface area contributed by atoms with Crippen molar-refractivity contribution in [1.82, 2.24) is 9.88 Å². The third-order valence-electron chi connectivity index (χ3n) is 3.70. The number of aliphatic hydroxyl groups is 1. The van der Waals surface area contributed by atoms with E-state index in [1.54, 1.807) is 13.1 Å². The van der Waals surface area contributed by atoms with Crippen LogP contribution in [0.5, 0.6) is 0 Å². The number of aryl methyl sites for hydroxylation is 1. The van der Waals surface area contributed by atoms with Crippen LogP contribution in [-0.4, -0.2) is 39.6 Å². The van der Waals surface area contributed by atoms with Crippen molar-refractivity contribution >= 4 is 5.91 Å². The van der Waals surface area contributed by atoms with Gasteiger partial charge in [-0.25, -0.2) is 4.39 Å². The van der Waals surface area contributed by atoms with E-state index in [4.69, 9.17) is 0 Å². The summed E-state index contributed by atoms with van der Waals surface area (Å²) in [7, 11) is 0. The maximum absolute atomic E-state index is 13.0. The largest absolute Gasteiger partial charge is 0.393 e. The summed E-state index contributed by atoms with van der Waals surface area (Å²) in [6, 6.07) is 1.56. The van der Waals surface area contributed by atoms with E-state index in [1.807, 2.05) is 4.90 Å². The Labute approximate surface area is 118 Å². The van der Waals surface area contributed by atoms with Gasteiger partial charge in [-0.3, -0.25) is 9.78 Å². The predicted octanol–water partition coefficient (Wildman–Crippen LogP) is 1.92. The van der Waals surface area contributed by atoms with Gasteiger partial charge in [0.25, 0.3) is 0 Å². The van der Waals surface area contributed by atoms with Gasteiger partial charge in [0.2, 0.25) is 5.91 Å². The van der Waals surface area contributed by atoms with E-state index < -0.39 is 0 Å². The summed E-state index contributed by atoms with van der Waals surface area (Å²) in [4.78, 5) is 17.9. The van der Waals surface area contributed by atoms with Gasteiger partial charge in [-0.2, -0.15) is 0 Å². The molecule has 1 aromatic rings. The summed E-state index contributed by atoms with van der Waals surface area (Å²) in [5.41, 5.74) is 0.740. The minimum absolute atomic E-state index is 0.0809.